The summed E-state index contributed by atoms with van der Waals surface area (Å²) in [6, 6.07) is 21.8. The van der Waals surface area contributed by atoms with Crippen LogP contribution < -0.4 is 10.1 Å². The van der Waals surface area contributed by atoms with Gasteiger partial charge >= 0.3 is 0 Å². The number of para-hydroxylation sites is 1. The molecule has 0 spiro atoms. The first-order chi connectivity index (χ1) is 18.6. The molecule has 1 atom stereocenters. The van der Waals surface area contributed by atoms with Gasteiger partial charge in [-0.2, -0.15) is 0 Å². The van der Waals surface area contributed by atoms with Crippen molar-refractivity contribution in [2.45, 2.75) is 65.0 Å². The number of carbonyl (C=O) groups is 2. The molecule has 0 aliphatic rings. The van der Waals surface area contributed by atoms with Gasteiger partial charge in [0.05, 0.1) is 0 Å². The van der Waals surface area contributed by atoms with Crippen molar-refractivity contribution in [1.29, 1.82) is 0 Å². The van der Waals surface area contributed by atoms with Crippen molar-refractivity contribution in [1.82, 2.24) is 10.2 Å². The minimum Gasteiger partial charge on any atom is -0.483 e. The Bertz CT molecular complexity index is 1220. The number of ether oxygens (including phenoxy) is 1. The maximum absolute atomic E-state index is 13.9. The molecule has 7 heteroatoms. The van der Waals surface area contributed by atoms with Crippen molar-refractivity contribution in [3.63, 3.8) is 0 Å². The lowest BCUT2D eigenvalue weighted by molar-refractivity contribution is -0.142. The van der Waals surface area contributed by atoms with Crippen molar-refractivity contribution in [2.75, 3.05) is 13.2 Å². The fraction of sp³-hybridized carbons (Fsp3) is 0.375. The quantitative estimate of drug-likeness (QED) is 0.234. The molecule has 1 N–H and O–H groups in total. The third-order valence-electron chi connectivity index (χ3n) is 6.54. The van der Waals surface area contributed by atoms with Crippen LogP contribution in [-0.2, 0) is 28.0 Å². The molecule has 0 aliphatic heterocycles. The second kappa shape index (κ2) is 14.4. The van der Waals surface area contributed by atoms with Crippen LogP contribution in [0.2, 0.25) is 10.0 Å². The van der Waals surface area contributed by atoms with Gasteiger partial charge in [0, 0.05) is 35.1 Å². The Morgan fingerprint density at radius 1 is 0.923 bits per heavy atom. The summed E-state index contributed by atoms with van der Waals surface area (Å²) >= 11 is 13.0. The standard InChI is InChI=1S/C32H38Cl2N2O3/c1-5-6-19-35-31(38)28(20-23-13-8-7-9-14-23)36(21-24-26(33)16-12-17-27(24)34)30(37)22-39-29-18-11-10-15-25(29)32(2,3)4/h7-18,28H,5-6,19-22H2,1-4H3,(H,35,38)/t28-/m1/s1. The number of hydrogen-bond acceptors (Lipinski definition) is 3. The van der Waals surface area contributed by atoms with E-state index in [0.717, 1.165) is 24.0 Å². The first-order valence-corrected chi connectivity index (χ1v) is 14.1. The number of nitrogens with zero attached hydrogens (tertiary/aromatic N) is 1. The summed E-state index contributed by atoms with van der Waals surface area (Å²) in [4.78, 5) is 29.0. The molecule has 0 saturated heterocycles. The van der Waals surface area contributed by atoms with Gasteiger partial charge in [-0.25, -0.2) is 0 Å². The third-order valence-corrected chi connectivity index (χ3v) is 7.25. The van der Waals surface area contributed by atoms with Gasteiger partial charge in [0.25, 0.3) is 5.91 Å². The Morgan fingerprint density at radius 2 is 1.56 bits per heavy atom. The molecular formula is C32H38Cl2N2O3. The number of benzene rings is 3. The van der Waals surface area contributed by atoms with Crippen LogP contribution in [-0.4, -0.2) is 35.9 Å². The van der Waals surface area contributed by atoms with E-state index in [1.165, 1.54) is 0 Å². The SMILES string of the molecule is CCCCNC(=O)[C@@H](Cc1ccccc1)N(Cc1c(Cl)cccc1Cl)C(=O)COc1ccccc1C(C)(C)C. The molecule has 3 rings (SSSR count). The Kier molecular flexibility index (Phi) is 11.3. The van der Waals surface area contributed by atoms with Gasteiger partial charge in [0.15, 0.2) is 6.61 Å². The average Bonchev–Trinajstić information content (AvgIpc) is 2.91. The van der Waals surface area contributed by atoms with Crippen molar-refractivity contribution in [3.05, 3.63) is 99.5 Å². The van der Waals surface area contributed by atoms with Gasteiger partial charge < -0.3 is 15.0 Å². The van der Waals surface area contributed by atoms with Crippen LogP contribution in [0.3, 0.4) is 0 Å². The van der Waals surface area contributed by atoms with Crippen LogP contribution in [0, 0.1) is 0 Å². The lowest BCUT2D eigenvalue weighted by atomic mass is 9.86. The molecule has 0 unspecified atom stereocenters. The van der Waals surface area contributed by atoms with E-state index in [2.05, 4.69) is 33.0 Å². The molecule has 3 aromatic carbocycles. The van der Waals surface area contributed by atoms with Gasteiger partial charge in [-0.1, -0.05) is 112 Å². The second-order valence-electron chi connectivity index (χ2n) is 10.6. The molecule has 0 heterocycles. The number of unbranched alkanes of at least 4 members (excludes halogenated alkanes) is 1. The van der Waals surface area contributed by atoms with Crippen LogP contribution in [0.4, 0.5) is 0 Å². The fourth-order valence-electron chi connectivity index (χ4n) is 4.35. The predicted molar refractivity (Wildman–Crippen MR) is 160 cm³/mol. The largest absolute Gasteiger partial charge is 0.483 e. The third kappa shape index (κ3) is 8.74. The van der Waals surface area contributed by atoms with Crippen LogP contribution in [0.15, 0.2) is 72.8 Å². The van der Waals surface area contributed by atoms with Gasteiger partial charge in [0.1, 0.15) is 11.8 Å². The minimum atomic E-state index is -0.787. The Balaban J connectivity index is 1.97. The molecule has 0 saturated carbocycles. The predicted octanol–water partition coefficient (Wildman–Crippen LogP) is 7.23. The summed E-state index contributed by atoms with van der Waals surface area (Å²) < 4.78 is 6.09. The Hall–Kier alpha value is -3.02. The molecule has 0 radical (unpaired) electrons. The molecule has 2 amide bonds. The number of amides is 2. The first-order valence-electron chi connectivity index (χ1n) is 13.4. The molecule has 0 bridgehead atoms. The molecule has 39 heavy (non-hydrogen) atoms. The second-order valence-corrected chi connectivity index (χ2v) is 11.4. The fourth-order valence-corrected chi connectivity index (χ4v) is 4.87. The van der Waals surface area contributed by atoms with E-state index in [1.807, 2.05) is 54.6 Å². The summed E-state index contributed by atoms with van der Waals surface area (Å²) in [5, 5.41) is 3.89. The summed E-state index contributed by atoms with van der Waals surface area (Å²) in [7, 11) is 0. The van der Waals surface area contributed by atoms with Crippen molar-refractivity contribution < 1.29 is 14.3 Å². The monoisotopic (exact) mass is 568 g/mol. The number of hydrogen-bond donors (Lipinski definition) is 1. The molecule has 0 fully saturated rings. The average molecular weight is 570 g/mol. The number of nitrogens with one attached hydrogen (secondary N) is 1. The smallest absolute Gasteiger partial charge is 0.261 e. The van der Waals surface area contributed by atoms with Gasteiger partial charge in [-0.15, -0.1) is 0 Å². The van der Waals surface area contributed by atoms with Crippen molar-refractivity contribution >= 4 is 35.0 Å². The van der Waals surface area contributed by atoms with E-state index in [9.17, 15) is 9.59 Å². The van der Waals surface area contributed by atoms with Gasteiger partial charge in [-0.05, 0) is 41.2 Å². The highest BCUT2D eigenvalue weighted by Gasteiger charge is 2.32. The van der Waals surface area contributed by atoms with Crippen molar-refractivity contribution in [3.8, 4) is 5.75 Å². The Labute approximate surface area is 242 Å². The summed E-state index contributed by atoms with van der Waals surface area (Å²) in [6.45, 7) is 8.72. The zero-order chi connectivity index (χ0) is 28.4. The molecular weight excluding hydrogens is 531 g/mol. The first kappa shape index (κ1) is 30.5. The minimum absolute atomic E-state index is 0.0698. The lowest BCUT2D eigenvalue weighted by Crippen LogP contribution is -2.52. The highest BCUT2D eigenvalue weighted by Crippen LogP contribution is 2.31. The maximum atomic E-state index is 13.9. The van der Waals surface area contributed by atoms with E-state index in [4.69, 9.17) is 27.9 Å². The zero-order valence-electron chi connectivity index (χ0n) is 23.2. The number of carbonyl (C=O) groups excluding carboxylic acids is 2. The van der Waals surface area contributed by atoms with Crippen LogP contribution in [0.5, 0.6) is 5.75 Å². The van der Waals surface area contributed by atoms with Crippen LogP contribution in [0.25, 0.3) is 0 Å². The molecule has 5 nitrogen and oxygen atoms in total. The molecule has 208 valence electrons. The van der Waals surface area contributed by atoms with E-state index in [1.54, 1.807) is 23.1 Å². The van der Waals surface area contributed by atoms with Gasteiger partial charge in [-0.3, -0.25) is 9.59 Å². The van der Waals surface area contributed by atoms with Crippen LogP contribution in [0.1, 0.15) is 57.2 Å². The number of rotatable bonds is 12. The summed E-state index contributed by atoms with van der Waals surface area (Å²) in [5.41, 5.74) is 2.36. The highest BCUT2D eigenvalue weighted by molar-refractivity contribution is 6.36. The normalized spacial score (nSPS) is 12.1. The van der Waals surface area contributed by atoms with Crippen LogP contribution >= 0.6 is 23.2 Å². The summed E-state index contributed by atoms with van der Waals surface area (Å²) in [6.07, 6.45) is 2.13. The van der Waals surface area contributed by atoms with E-state index in [-0.39, 0.29) is 30.4 Å². The van der Waals surface area contributed by atoms with E-state index in [0.29, 0.717) is 34.3 Å². The summed E-state index contributed by atoms with van der Waals surface area (Å²) in [5.74, 6) is 0.0845. The van der Waals surface area contributed by atoms with Gasteiger partial charge in [0.2, 0.25) is 5.91 Å². The van der Waals surface area contributed by atoms with E-state index >= 15 is 0 Å². The highest BCUT2D eigenvalue weighted by atomic mass is 35.5. The lowest BCUT2D eigenvalue weighted by Gasteiger charge is -2.32. The maximum Gasteiger partial charge on any atom is 0.261 e. The molecule has 3 aromatic rings. The Morgan fingerprint density at radius 3 is 2.21 bits per heavy atom. The topological polar surface area (TPSA) is 58.6 Å². The molecule has 0 aliphatic carbocycles. The molecule has 0 aromatic heterocycles. The number of halogens is 2. The van der Waals surface area contributed by atoms with E-state index < -0.39 is 6.04 Å². The zero-order valence-corrected chi connectivity index (χ0v) is 24.7. The van der Waals surface area contributed by atoms with Crippen molar-refractivity contribution in [2.24, 2.45) is 0 Å².